The summed E-state index contributed by atoms with van der Waals surface area (Å²) in [4.78, 5) is 14.4. The normalized spacial score (nSPS) is 25.6. The van der Waals surface area contributed by atoms with Crippen LogP contribution in [0.5, 0.6) is 0 Å². The fourth-order valence-corrected chi connectivity index (χ4v) is 2.53. The van der Waals surface area contributed by atoms with Gasteiger partial charge >= 0.3 is 6.09 Å². The van der Waals surface area contributed by atoms with Crippen LogP contribution in [0.3, 0.4) is 0 Å². The van der Waals surface area contributed by atoms with Crippen molar-refractivity contribution >= 4 is 6.09 Å². The van der Waals surface area contributed by atoms with Crippen molar-refractivity contribution in [1.29, 1.82) is 0 Å². The van der Waals surface area contributed by atoms with Crippen LogP contribution < -0.4 is 0 Å². The Bertz CT molecular complexity index is 277. The molecule has 0 radical (unpaired) electrons. The Morgan fingerprint density at radius 2 is 1.94 bits per heavy atom. The lowest BCUT2D eigenvalue weighted by atomic mass is 9.92. The van der Waals surface area contributed by atoms with Crippen molar-refractivity contribution in [2.24, 2.45) is 5.92 Å². The number of nitrogens with zero attached hydrogens (tertiary/aromatic N) is 2. The maximum Gasteiger partial charge on any atom is 0.407 e. The first-order chi connectivity index (χ1) is 7.96. The van der Waals surface area contributed by atoms with Crippen LogP contribution in [0.1, 0.15) is 26.2 Å². The Morgan fingerprint density at radius 1 is 1.35 bits per heavy atom. The molecule has 2 aliphatic rings. The lowest BCUT2D eigenvalue weighted by Gasteiger charge is -2.40. The van der Waals surface area contributed by atoms with E-state index in [0.29, 0.717) is 19.0 Å². The van der Waals surface area contributed by atoms with Gasteiger partial charge in [-0.25, -0.2) is 4.79 Å². The standard InChI is InChI=1S/C12H22N2O3/c1-12(17)3-6-13(7-4-12)5-2-10-8-14(9-10)11(15)16/h10,17H,2-9H2,1H3,(H,15,16). The lowest BCUT2D eigenvalue weighted by Crippen LogP contribution is -2.51. The molecule has 5 nitrogen and oxygen atoms in total. The first kappa shape index (κ1) is 12.6. The zero-order valence-electron chi connectivity index (χ0n) is 10.4. The van der Waals surface area contributed by atoms with E-state index in [4.69, 9.17) is 5.11 Å². The molecule has 0 spiro atoms. The quantitative estimate of drug-likeness (QED) is 0.769. The number of aliphatic hydroxyl groups is 1. The van der Waals surface area contributed by atoms with Crippen molar-refractivity contribution in [3.05, 3.63) is 0 Å². The third-order valence-corrected chi connectivity index (χ3v) is 4.01. The molecule has 0 saturated carbocycles. The van der Waals surface area contributed by atoms with Crippen LogP contribution in [0.4, 0.5) is 4.79 Å². The molecule has 2 rings (SSSR count). The first-order valence-electron chi connectivity index (χ1n) is 6.39. The number of likely N-dealkylation sites (tertiary alicyclic amines) is 2. The highest BCUT2D eigenvalue weighted by Crippen LogP contribution is 2.23. The topological polar surface area (TPSA) is 64.0 Å². The van der Waals surface area contributed by atoms with Gasteiger partial charge in [0.1, 0.15) is 0 Å². The summed E-state index contributed by atoms with van der Waals surface area (Å²) in [6, 6.07) is 0. The van der Waals surface area contributed by atoms with E-state index in [1.165, 1.54) is 4.90 Å². The molecule has 5 heteroatoms. The van der Waals surface area contributed by atoms with E-state index >= 15 is 0 Å². The van der Waals surface area contributed by atoms with Crippen molar-refractivity contribution in [1.82, 2.24) is 9.80 Å². The average molecular weight is 242 g/mol. The molecule has 17 heavy (non-hydrogen) atoms. The van der Waals surface area contributed by atoms with Gasteiger partial charge in [0.15, 0.2) is 0 Å². The first-order valence-corrected chi connectivity index (χ1v) is 6.39. The number of hydrogen-bond acceptors (Lipinski definition) is 3. The molecule has 2 fully saturated rings. The van der Waals surface area contributed by atoms with Crippen LogP contribution >= 0.6 is 0 Å². The lowest BCUT2D eigenvalue weighted by molar-refractivity contribution is -0.00883. The van der Waals surface area contributed by atoms with Crippen LogP contribution in [-0.2, 0) is 0 Å². The summed E-state index contributed by atoms with van der Waals surface area (Å²) in [6.07, 6.45) is 1.97. The molecular formula is C12H22N2O3. The Hall–Kier alpha value is -0.810. The maximum atomic E-state index is 10.6. The molecule has 2 heterocycles. The second kappa shape index (κ2) is 4.82. The van der Waals surface area contributed by atoms with E-state index in [1.54, 1.807) is 0 Å². The molecule has 0 aliphatic carbocycles. The fraction of sp³-hybridized carbons (Fsp3) is 0.917. The monoisotopic (exact) mass is 242 g/mol. The van der Waals surface area contributed by atoms with Crippen LogP contribution in [0.25, 0.3) is 0 Å². The van der Waals surface area contributed by atoms with Gasteiger partial charge in [-0.05, 0) is 38.6 Å². The molecule has 0 bridgehead atoms. The molecule has 0 unspecified atom stereocenters. The summed E-state index contributed by atoms with van der Waals surface area (Å²) in [5.41, 5.74) is -0.479. The van der Waals surface area contributed by atoms with Gasteiger partial charge in [0.2, 0.25) is 0 Å². The Balaban J connectivity index is 1.60. The van der Waals surface area contributed by atoms with E-state index in [9.17, 15) is 9.90 Å². The highest BCUT2D eigenvalue weighted by atomic mass is 16.4. The van der Waals surface area contributed by atoms with Gasteiger partial charge in [-0.15, -0.1) is 0 Å². The van der Waals surface area contributed by atoms with E-state index in [1.807, 2.05) is 6.92 Å². The zero-order chi connectivity index (χ0) is 12.5. The maximum absolute atomic E-state index is 10.6. The number of carboxylic acid groups (broad SMARTS) is 1. The summed E-state index contributed by atoms with van der Waals surface area (Å²) < 4.78 is 0. The molecule has 0 atom stereocenters. The van der Waals surface area contributed by atoms with E-state index in [-0.39, 0.29) is 0 Å². The third-order valence-electron chi connectivity index (χ3n) is 4.01. The molecule has 2 N–H and O–H groups in total. The second-order valence-corrected chi connectivity index (χ2v) is 5.68. The molecule has 1 amide bonds. The minimum Gasteiger partial charge on any atom is -0.465 e. The molecule has 2 aliphatic heterocycles. The summed E-state index contributed by atoms with van der Waals surface area (Å²) in [5.74, 6) is 0.536. The van der Waals surface area contributed by atoms with E-state index in [0.717, 1.165) is 38.9 Å². The predicted molar refractivity (Wildman–Crippen MR) is 64.0 cm³/mol. The molecule has 0 aromatic carbocycles. The number of hydrogen-bond donors (Lipinski definition) is 2. The Kier molecular flexibility index (Phi) is 3.58. The van der Waals surface area contributed by atoms with Crippen LogP contribution in [0, 0.1) is 5.92 Å². The molecule has 0 aromatic heterocycles. The highest BCUT2D eigenvalue weighted by Gasteiger charge is 2.31. The van der Waals surface area contributed by atoms with Crippen molar-refractivity contribution < 1.29 is 15.0 Å². The number of carbonyl (C=O) groups is 1. The van der Waals surface area contributed by atoms with Gasteiger partial charge in [-0.3, -0.25) is 0 Å². The molecule has 98 valence electrons. The smallest absolute Gasteiger partial charge is 0.407 e. The van der Waals surface area contributed by atoms with Gasteiger partial charge in [0.05, 0.1) is 5.60 Å². The van der Waals surface area contributed by atoms with Crippen molar-refractivity contribution in [2.45, 2.75) is 31.8 Å². The van der Waals surface area contributed by atoms with Crippen molar-refractivity contribution in [2.75, 3.05) is 32.7 Å². The number of amides is 1. The van der Waals surface area contributed by atoms with Crippen LogP contribution in [-0.4, -0.2) is 64.4 Å². The van der Waals surface area contributed by atoms with E-state index in [2.05, 4.69) is 4.90 Å². The molecule has 2 saturated heterocycles. The largest absolute Gasteiger partial charge is 0.465 e. The molecular weight excluding hydrogens is 220 g/mol. The van der Waals surface area contributed by atoms with Gasteiger partial charge in [0, 0.05) is 26.2 Å². The van der Waals surface area contributed by atoms with Crippen molar-refractivity contribution in [3.8, 4) is 0 Å². The third kappa shape index (κ3) is 3.33. The zero-order valence-corrected chi connectivity index (χ0v) is 10.4. The Morgan fingerprint density at radius 3 is 2.47 bits per heavy atom. The Labute approximate surface area is 102 Å². The number of piperidine rings is 1. The summed E-state index contributed by atoms with van der Waals surface area (Å²) in [7, 11) is 0. The second-order valence-electron chi connectivity index (χ2n) is 5.68. The van der Waals surface area contributed by atoms with E-state index < -0.39 is 11.7 Å². The minimum atomic E-state index is -0.796. The van der Waals surface area contributed by atoms with Crippen LogP contribution in [0.15, 0.2) is 0 Å². The predicted octanol–water partition coefficient (Wildman–Crippen LogP) is 0.833. The van der Waals surface area contributed by atoms with Crippen molar-refractivity contribution in [3.63, 3.8) is 0 Å². The fourth-order valence-electron chi connectivity index (χ4n) is 2.53. The van der Waals surface area contributed by atoms with Crippen LogP contribution in [0.2, 0.25) is 0 Å². The SMILES string of the molecule is CC1(O)CCN(CCC2CN(C(=O)O)C2)CC1. The minimum absolute atomic E-state index is 0.479. The van der Waals surface area contributed by atoms with Gasteiger partial charge < -0.3 is 20.0 Å². The number of rotatable bonds is 3. The highest BCUT2D eigenvalue weighted by molar-refractivity contribution is 5.65. The van der Waals surface area contributed by atoms with Gasteiger partial charge in [-0.2, -0.15) is 0 Å². The van der Waals surface area contributed by atoms with Gasteiger partial charge in [-0.1, -0.05) is 0 Å². The van der Waals surface area contributed by atoms with Gasteiger partial charge in [0.25, 0.3) is 0 Å². The average Bonchev–Trinajstić information content (AvgIpc) is 2.17. The summed E-state index contributed by atoms with van der Waals surface area (Å²) in [5, 5.41) is 18.5. The molecule has 0 aromatic rings. The summed E-state index contributed by atoms with van der Waals surface area (Å²) in [6.45, 7) is 6.25. The summed E-state index contributed by atoms with van der Waals surface area (Å²) >= 11 is 0.